The maximum absolute atomic E-state index is 12.1. The predicted octanol–water partition coefficient (Wildman–Crippen LogP) is 2.37. The van der Waals surface area contributed by atoms with Gasteiger partial charge in [-0.25, -0.2) is 0 Å². The van der Waals surface area contributed by atoms with Crippen molar-refractivity contribution >= 4 is 23.2 Å². The number of carbonyl (C=O) groups excluding carboxylic acids is 1. The summed E-state index contributed by atoms with van der Waals surface area (Å²) in [6, 6.07) is 2.02. The maximum Gasteiger partial charge on any atom is 0.307 e. The second kappa shape index (κ2) is 6.00. The van der Waals surface area contributed by atoms with E-state index < -0.39 is 17.8 Å². The number of amides is 1. The number of nitrogens with zero attached hydrogens (tertiary/aromatic N) is 1. The van der Waals surface area contributed by atoms with Crippen molar-refractivity contribution < 1.29 is 14.7 Å². The Balaban J connectivity index is 2.67. The van der Waals surface area contributed by atoms with E-state index in [-0.39, 0.29) is 5.91 Å². The molecule has 1 aromatic rings. The lowest BCUT2D eigenvalue weighted by Gasteiger charge is -2.23. The lowest BCUT2D eigenvalue weighted by atomic mass is 9.95. The molecule has 0 aromatic carbocycles. The molecule has 0 aliphatic carbocycles. The van der Waals surface area contributed by atoms with Gasteiger partial charge < -0.3 is 10.0 Å². The molecule has 1 rings (SSSR count). The summed E-state index contributed by atoms with van der Waals surface area (Å²) in [6.07, 6.45) is 0. The predicted molar refractivity (Wildman–Crippen MR) is 71.5 cm³/mol. The zero-order valence-corrected chi connectivity index (χ0v) is 12.0. The topological polar surface area (TPSA) is 57.6 Å². The lowest BCUT2D eigenvalue weighted by molar-refractivity contribution is -0.148. The fourth-order valence-corrected chi connectivity index (χ4v) is 2.59. The molecule has 18 heavy (non-hydrogen) atoms. The summed E-state index contributed by atoms with van der Waals surface area (Å²) in [7, 11) is 1.71. The third-order valence-electron chi connectivity index (χ3n) is 3.25. The SMILES string of the molecule is Cc1ccsc1CN(C)C(=O)C(C)C(C)C(=O)O. The van der Waals surface area contributed by atoms with E-state index in [9.17, 15) is 9.59 Å². The van der Waals surface area contributed by atoms with Crippen LogP contribution in [0.2, 0.25) is 0 Å². The molecule has 1 N–H and O–H groups in total. The molecule has 2 unspecified atom stereocenters. The fraction of sp³-hybridized carbons (Fsp3) is 0.538. The molecule has 0 saturated carbocycles. The summed E-state index contributed by atoms with van der Waals surface area (Å²) in [6.45, 7) is 5.78. The van der Waals surface area contributed by atoms with Gasteiger partial charge in [0.15, 0.2) is 0 Å². The molecule has 2 atom stereocenters. The molecule has 0 fully saturated rings. The number of hydrogen-bond donors (Lipinski definition) is 1. The first-order valence-electron chi connectivity index (χ1n) is 5.85. The number of aryl methyl sites for hydroxylation is 1. The molecule has 1 heterocycles. The number of carbonyl (C=O) groups is 2. The highest BCUT2D eigenvalue weighted by atomic mass is 32.1. The van der Waals surface area contributed by atoms with Crippen LogP contribution in [0.4, 0.5) is 0 Å². The van der Waals surface area contributed by atoms with Crippen LogP contribution in [-0.4, -0.2) is 28.9 Å². The monoisotopic (exact) mass is 269 g/mol. The van der Waals surface area contributed by atoms with E-state index >= 15 is 0 Å². The average Bonchev–Trinajstić information content (AvgIpc) is 2.71. The molecule has 0 aliphatic heterocycles. The standard InChI is InChI=1S/C13H19NO3S/c1-8-5-6-18-11(8)7-14(4)12(15)9(2)10(3)13(16)17/h5-6,9-10H,7H2,1-4H3,(H,16,17). The molecule has 100 valence electrons. The quantitative estimate of drug-likeness (QED) is 0.892. The van der Waals surface area contributed by atoms with Gasteiger partial charge in [-0.15, -0.1) is 11.3 Å². The van der Waals surface area contributed by atoms with E-state index in [0.29, 0.717) is 6.54 Å². The molecule has 5 heteroatoms. The van der Waals surface area contributed by atoms with E-state index in [2.05, 4.69) is 0 Å². The van der Waals surface area contributed by atoms with Crippen LogP contribution >= 0.6 is 11.3 Å². The summed E-state index contributed by atoms with van der Waals surface area (Å²) in [5.41, 5.74) is 1.17. The van der Waals surface area contributed by atoms with Crippen molar-refractivity contribution in [3.63, 3.8) is 0 Å². The van der Waals surface area contributed by atoms with Gasteiger partial charge in [-0.2, -0.15) is 0 Å². The molecule has 0 radical (unpaired) electrons. The van der Waals surface area contributed by atoms with Gasteiger partial charge in [-0.1, -0.05) is 13.8 Å². The Labute approximate surface area is 111 Å². The highest BCUT2D eigenvalue weighted by molar-refractivity contribution is 7.10. The van der Waals surface area contributed by atoms with Crippen molar-refractivity contribution in [2.24, 2.45) is 11.8 Å². The van der Waals surface area contributed by atoms with Crippen LogP contribution in [0.25, 0.3) is 0 Å². The Bertz CT molecular complexity index is 441. The lowest BCUT2D eigenvalue weighted by Crippen LogP contribution is -2.36. The zero-order valence-electron chi connectivity index (χ0n) is 11.1. The van der Waals surface area contributed by atoms with Crippen molar-refractivity contribution in [2.45, 2.75) is 27.3 Å². The van der Waals surface area contributed by atoms with Gasteiger partial charge in [-0.3, -0.25) is 9.59 Å². The Kier molecular flexibility index (Phi) is 4.90. The van der Waals surface area contributed by atoms with Crippen LogP contribution < -0.4 is 0 Å². The number of aliphatic carboxylic acids is 1. The van der Waals surface area contributed by atoms with Gasteiger partial charge in [0.25, 0.3) is 0 Å². The Morgan fingerprint density at radius 2 is 2.00 bits per heavy atom. The van der Waals surface area contributed by atoms with Gasteiger partial charge in [0, 0.05) is 17.8 Å². The first kappa shape index (κ1) is 14.7. The number of hydrogen-bond acceptors (Lipinski definition) is 3. The van der Waals surface area contributed by atoms with Crippen LogP contribution in [0.5, 0.6) is 0 Å². The van der Waals surface area contributed by atoms with E-state index in [1.807, 2.05) is 18.4 Å². The number of thiophene rings is 1. The molecule has 0 spiro atoms. The molecular weight excluding hydrogens is 250 g/mol. The van der Waals surface area contributed by atoms with E-state index in [1.165, 1.54) is 5.56 Å². The number of rotatable bonds is 5. The minimum absolute atomic E-state index is 0.127. The molecule has 1 amide bonds. The first-order chi connectivity index (χ1) is 8.34. The van der Waals surface area contributed by atoms with Crippen molar-refractivity contribution in [3.05, 3.63) is 21.9 Å². The molecular formula is C13H19NO3S. The van der Waals surface area contributed by atoms with Crippen LogP contribution in [-0.2, 0) is 16.1 Å². The average molecular weight is 269 g/mol. The Morgan fingerprint density at radius 3 is 2.44 bits per heavy atom. The molecule has 1 aromatic heterocycles. The molecule has 4 nitrogen and oxygen atoms in total. The maximum atomic E-state index is 12.1. The first-order valence-corrected chi connectivity index (χ1v) is 6.73. The van der Waals surface area contributed by atoms with Gasteiger partial charge in [0.05, 0.1) is 12.5 Å². The molecule has 0 saturated heterocycles. The number of carboxylic acids is 1. The summed E-state index contributed by atoms with van der Waals surface area (Å²) >= 11 is 1.61. The summed E-state index contributed by atoms with van der Waals surface area (Å²) in [5.74, 6) is -2.23. The minimum Gasteiger partial charge on any atom is -0.481 e. The smallest absolute Gasteiger partial charge is 0.307 e. The summed E-state index contributed by atoms with van der Waals surface area (Å²) in [4.78, 5) is 25.7. The zero-order chi connectivity index (χ0) is 13.9. The second-order valence-corrected chi connectivity index (χ2v) is 5.64. The van der Waals surface area contributed by atoms with Crippen molar-refractivity contribution in [2.75, 3.05) is 7.05 Å². The van der Waals surface area contributed by atoms with Crippen molar-refractivity contribution in [3.8, 4) is 0 Å². The van der Waals surface area contributed by atoms with Gasteiger partial charge in [0.1, 0.15) is 0 Å². The Morgan fingerprint density at radius 1 is 1.39 bits per heavy atom. The summed E-state index contributed by atoms with van der Waals surface area (Å²) < 4.78 is 0. The van der Waals surface area contributed by atoms with Crippen LogP contribution in [0.1, 0.15) is 24.3 Å². The van der Waals surface area contributed by atoms with E-state index in [4.69, 9.17) is 5.11 Å². The van der Waals surface area contributed by atoms with E-state index in [1.54, 1.807) is 37.1 Å². The van der Waals surface area contributed by atoms with Gasteiger partial charge in [-0.05, 0) is 23.9 Å². The normalized spacial score (nSPS) is 14.0. The Hall–Kier alpha value is -1.36. The third-order valence-corrected chi connectivity index (χ3v) is 4.26. The van der Waals surface area contributed by atoms with Crippen molar-refractivity contribution in [1.29, 1.82) is 0 Å². The van der Waals surface area contributed by atoms with Crippen LogP contribution in [0.3, 0.4) is 0 Å². The fourth-order valence-electron chi connectivity index (χ4n) is 1.63. The minimum atomic E-state index is -0.934. The second-order valence-electron chi connectivity index (χ2n) is 4.64. The highest BCUT2D eigenvalue weighted by Gasteiger charge is 2.28. The van der Waals surface area contributed by atoms with E-state index in [0.717, 1.165) is 4.88 Å². The summed E-state index contributed by atoms with van der Waals surface area (Å²) in [5, 5.41) is 10.9. The largest absolute Gasteiger partial charge is 0.481 e. The number of carboxylic acid groups (broad SMARTS) is 1. The third kappa shape index (κ3) is 3.32. The van der Waals surface area contributed by atoms with Gasteiger partial charge >= 0.3 is 5.97 Å². The van der Waals surface area contributed by atoms with Gasteiger partial charge in [0.2, 0.25) is 5.91 Å². The van der Waals surface area contributed by atoms with Crippen molar-refractivity contribution in [1.82, 2.24) is 4.90 Å². The van der Waals surface area contributed by atoms with Crippen LogP contribution in [0, 0.1) is 18.8 Å². The molecule has 0 aliphatic rings. The van der Waals surface area contributed by atoms with Crippen LogP contribution in [0.15, 0.2) is 11.4 Å². The highest BCUT2D eigenvalue weighted by Crippen LogP contribution is 2.20. The molecule has 0 bridgehead atoms.